The van der Waals surface area contributed by atoms with Crippen LogP contribution < -0.4 is 0 Å². The molecular formula is C16H20N2. The zero-order chi connectivity index (χ0) is 13.2. The Labute approximate surface area is 109 Å². The van der Waals surface area contributed by atoms with E-state index in [2.05, 4.69) is 55.9 Å². The molecule has 0 fully saturated rings. The molecule has 0 unspecified atom stereocenters. The van der Waals surface area contributed by atoms with Crippen molar-refractivity contribution in [2.75, 3.05) is 0 Å². The number of rotatable bonds is 2. The summed E-state index contributed by atoms with van der Waals surface area (Å²) in [6, 6.07) is 6.61. The molecule has 2 rings (SSSR count). The summed E-state index contributed by atoms with van der Waals surface area (Å²) in [4.78, 5) is 8.47. The van der Waals surface area contributed by atoms with Gasteiger partial charge in [-0.3, -0.25) is 9.97 Å². The van der Waals surface area contributed by atoms with Crippen molar-refractivity contribution < 1.29 is 0 Å². The van der Waals surface area contributed by atoms with Gasteiger partial charge in [0.15, 0.2) is 0 Å². The van der Waals surface area contributed by atoms with Crippen LogP contribution in [0.25, 0.3) is 11.3 Å². The molecule has 1 aromatic heterocycles. The zero-order valence-electron chi connectivity index (χ0n) is 11.6. The predicted octanol–water partition coefficient (Wildman–Crippen LogP) is 4.04. The Balaban J connectivity index is 2.32. The first-order chi connectivity index (χ1) is 8.46. The van der Waals surface area contributed by atoms with Gasteiger partial charge in [0.25, 0.3) is 0 Å². The molecule has 0 spiro atoms. The Hall–Kier alpha value is -1.70. The fourth-order valence-corrected chi connectivity index (χ4v) is 2.17. The highest BCUT2D eigenvalue weighted by Gasteiger charge is 2.12. The van der Waals surface area contributed by atoms with Gasteiger partial charge in [0.05, 0.1) is 11.9 Å². The van der Waals surface area contributed by atoms with Crippen molar-refractivity contribution in [1.29, 1.82) is 0 Å². The minimum atomic E-state index is 0.320. The molecule has 18 heavy (non-hydrogen) atoms. The lowest BCUT2D eigenvalue weighted by atomic mass is 9.87. The first-order valence-corrected chi connectivity index (χ1v) is 6.32. The summed E-state index contributed by atoms with van der Waals surface area (Å²) in [5.41, 5.74) is 5.07. The van der Waals surface area contributed by atoms with Crippen LogP contribution in [0, 0.1) is 12.3 Å². The second-order valence-electron chi connectivity index (χ2n) is 5.98. The van der Waals surface area contributed by atoms with Gasteiger partial charge >= 0.3 is 0 Å². The molecule has 2 aromatic rings. The molecule has 0 N–H and O–H groups in total. The zero-order valence-corrected chi connectivity index (χ0v) is 11.6. The third kappa shape index (κ3) is 3.16. The van der Waals surface area contributed by atoms with Crippen molar-refractivity contribution in [2.45, 2.75) is 34.1 Å². The summed E-state index contributed by atoms with van der Waals surface area (Å²) in [7, 11) is 0. The number of aryl methyl sites for hydroxylation is 1. The van der Waals surface area contributed by atoms with Gasteiger partial charge < -0.3 is 0 Å². The summed E-state index contributed by atoms with van der Waals surface area (Å²) in [6.45, 7) is 8.92. The molecule has 0 saturated carbocycles. The van der Waals surface area contributed by atoms with Crippen LogP contribution in [0.3, 0.4) is 0 Å². The van der Waals surface area contributed by atoms with Gasteiger partial charge in [0.2, 0.25) is 0 Å². The van der Waals surface area contributed by atoms with E-state index in [1.54, 1.807) is 12.4 Å². The topological polar surface area (TPSA) is 25.8 Å². The van der Waals surface area contributed by atoms with Gasteiger partial charge in [-0.25, -0.2) is 0 Å². The average molecular weight is 240 g/mol. The van der Waals surface area contributed by atoms with Crippen molar-refractivity contribution in [3.05, 3.63) is 47.9 Å². The van der Waals surface area contributed by atoms with Crippen molar-refractivity contribution in [2.24, 2.45) is 5.41 Å². The Kier molecular flexibility index (Phi) is 3.46. The van der Waals surface area contributed by atoms with Gasteiger partial charge in [-0.1, -0.05) is 39.0 Å². The Bertz CT molecular complexity index is 525. The Morgan fingerprint density at radius 3 is 2.44 bits per heavy atom. The van der Waals surface area contributed by atoms with Crippen LogP contribution in [0.4, 0.5) is 0 Å². The fourth-order valence-electron chi connectivity index (χ4n) is 2.17. The fraction of sp³-hybridized carbons (Fsp3) is 0.375. The molecule has 0 bridgehead atoms. The molecule has 2 nitrogen and oxygen atoms in total. The lowest BCUT2D eigenvalue weighted by Crippen LogP contribution is -2.09. The van der Waals surface area contributed by atoms with E-state index in [1.807, 2.05) is 6.20 Å². The predicted molar refractivity (Wildman–Crippen MR) is 75.4 cm³/mol. The molecule has 0 radical (unpaired) electrons. The minimum absolute atomic E-state index is 0.320. The summed E-state index contributed by atoms with van der Waals surface area (Å²) in [6.07, 6.45) is 6.34. The van der Waals surface area contributed by atoms with Crippen LogP contribution in [0.5, 0.6) is 0 Å². The first kappa shape index (κ1) is 12.7. The third-order valence-electron chi connectivity index (χ3n) is 2.86. The molecule has 0 aliphatic rings. The molecule has 0 aliphatic carbocycles. The summed E-state index contributed by atoms with van der Waals surface area (Å²) in [5.74, 6) is 0. The van der Waals surface area contributed by atoms with Crippen LogP contribution in [0.1, 0.15) is 31.9 Å². The first-order valence-electron chi connectivity index (χ1n) is 6.32. The maximum Gasteiger partial charge on any atom is 0.0887 e. The summed E-state index contributed by atoms with van der Waals surface area (Å²) < 4.78 is 0. The molecule has 0 atom stereocenters. The number of aromatic nitrogens is 2. The van der Waals surface area contributed by atoms with Crippen molar-refractivity contribution in [3.63, 3.8) is 0 Å². The van der Waals surface area contributed by atoms with E-state index < -0.39 is 0 Å². The van der Waals surface area contributed by atoms with Crippen molar-refractivity contribution in [3.8, 4) is 11.3 Å². The standard InChI is InChI=1S/C16H20N2/c1-12-9-13(10-16(2,3)4)5-6-14(12)15-11-17-7-8-18-15/h5-9,11H,10H2,1-4H3. The number of benzene rings is 1. The molecule has 0 saturated heterocycles. The normalized spacial score (nSPS) is 11.6. The minimum Gasteiger partial charge on any atom is -0.261 e. The quantitative estimate of drug-likeness (QED) is 0.791. The van der Waals surface area contributed by atoms with Crippen molar-refractivity contribution >= 4 is 0 Å². The summed E-state index contributed by atoms with van der Waals surface area (Å²) >= 11 is 0. The number of hydrogen-bond acceptors (Lipinski definition) is 2. The Morgan fingerprint density at radius 1 is 1.11 bits per heavy atom. The average Bonchev–Trinajstić information content (AvgIpc) is 2.28. The lowest BCUT2D eigenvalue weighted by Gasteiger charge is -2.19. The van der Waals surface area contributed by atoms with E-state index in [1.165, 1.54) is 16.7 Å². The second kappa shape index (κ2) is 4.89. The molecular weight excluding hydrogens is 220 g/mol. The molecule has 1 aromatic carbocycles. The SMILES string of the molecule is Cc1cc(CC(C)(C)C)ccc1-c1cnccn1. The van der Waals surface area contributed by atoms with Gasteiger partial charge in [-0.05, 0) is 29.9 Å². The highest BCUT2D eigenvalue weighted by molar-refractivity contribution is 5.62. The van der Waals surface area contributed by atoms with Crippen LogP contribution >= 0.6 is 0 Å². The maximum absolute atomic E-state index is 4.35. The smallest absolute Gasteiger partial charge is 0.0887 e. The maximum atomic E-state index is 4.35. The van der Waals surface area contributed by atoms with E-state index in [0.717, 1.165) is 12.1 Å². The largest absolute Gasteiger partial charge is 0.261 e. The van der Waals surface area contributed by atoms with Gasteiger partial charge in [-0.15, -0.1) is 0 Å². The van der Waals surface area contributed by atoms with Crippen LogP contribution in [0.2, 0.25) is 0 Å². The van der Waals surface area contributed by atoms with Crippen LogP contribution in [-0.2, 0) is 6.42 Å². The van der Waals surface area contributed by atoms with Crippen molar-refractivity contribution in [1.82, 2.24) is 9.97 Å². The lowest BCUT2D eigenvalue weighted by molar-refractivity contribution is 0.411. The van der Waals surface area contributed by atoms with Crippen LogP contribution in [-0.4, -0.2) is 9.97 Å². The van der Waals surface area contributed by atoms with Gasteiger partial charge in [0, 0.05) is 18.0 Å². The third-order valence-corrected chi connectivity index (χ3v) is 2.86. The molecule has 0 amide bonds. The van der Waals surface area contributed by atoms with E-state index in [4.69, 9.17) is 0 Å². The van der Waals surface area contributed by atoms with E-state index in [9.17, 15) is 0 Å². The molecule has 94 valence electrons. The van der Waals surface area contributed by atoms with E-state index >= 15 is 0 Å². The summed E-state index contributed by atoms with van der Waals surface area (Å²) in [5, 5.41) is 0. The highest BCUT2D eigenvalue weighted by Crippen LogP contribution is 2.25. The van der Waals surface area contributed by atoms with E-state index in [-0.39, 0.29) is 0 Å². The van der Waals surface area contributed by atoms with E-state index in [0.29, 0.717) is 5.41 Å². The number of hydrogen-bond donors (Lipinski definition) is 0. The molecule has 1 heterocycles. The second-order valence-corrected chi connectivity index (χ2v) is 5.98. The molecule has 2 heteroatoms. The van der Waals surface area contributed by atoms with Gasteiger partial charge in [-0.2, -0.15) is 0 Å². The monoisotopic (exact) mass is 240 g/mol. The number of nitrogens with zero attached hydrogens (tertiary/aromatic N) is 2. The van der Waals surface area contributed by atoms with Crippen LogP contribution in [0.15, 0.2) is 36.8 Å². The molecule has 0 aliphatic heterocycles. The Morgan fingerprint density at radius 2 is 1.89 bits per heavy atom. The van der Waals surface area contributed by atoms with Gasteiger partial charge in [0.1, 0.15) is 0 Å². The highest BCUT2D eigenvalue weighted by atomic mass is 14.8.